The van der Waals surface area contributed by atoms with Crippen molar-refractivity contribution in [2.24, 2.45) is 5.73 Å². The van der Waals surface area contributed by atoms with Crippen molar-refractivity contribution in [1.82, 2.24) is 15.0 Å². The van der Waals surface area contributed by atoms with E-state index in [-0.39, 0.29) is 0 Å². The highest BCUT2D eigenvalue weighted by Gasteiger charge is 2.40. The van der Waals surface area contributed by atoms with E-state index in [1.165, 1.54) is 25.7 Å². The molecule has 0 spiro atoms. The smallest absolute Gasteiger partial charge is 0.162 e. The van der Waals surface area contributed by atoms with E-state index in [1.54, 1.807) is 36.8 Å². The third kappa shape index (κ3) is 3.51. The van der Waals surface area contributed by atoms with Gasteiger partial charge in [0.2, 0.25) is 0 Å². The SMILES string of the molecule is N#Cc1ccc(-c2ncc(CN)cn2)c(Oc2cc(N3C4CCC3CC4)ncc2C#N)c1. The maximum atomic E-state index is 9.64. The predicted octanol–water partition coefficient (Wildman–Crippen LogP) is 3.66. The number of anilines is 1. The molecule has 32 heavy (non-hydrogen) atoms. The molecular formula is C24H21N7O. The summed E-state index contributed by atoms with van der Waals surface area (Å²) >= 11 is 0. The zero-order valence-corrected chi connectivity index (χ0v) is 17.4. The second-order valence-corrected chi connectivity index (χ2v) is 8.06. The molecule has 0 amide bonds. The molecule has 0 radical (unpaired) electrons. The van der Waals surface area contributed by atoms with Gasteiger partial charge in [0.25, 0.3) is 0 Å². The molecule has 5 rings (SSSR count). The Bertz CT molecular complexity index is 1220. The van der Waals surface area contributed by atoms with Gasteiger partial charge in [-0.15, -0.1) is 0 Å². The summed E-state index contributed by atoms with van der Waals surface area (Å²) in [5.41, 5.74) is 7.85. The summed E-state index contributed by atoms with van der Waals surface area (Å²) in [5.74, 6) is 2.08. The Balaban J connectivity index is 1.55. The lowest BCUT2D eigenvalue weighted by Crippen LogP contribution is -2.28. The number of nitrogens with zero attached hydrogens (tertiary/aromatic N) is 6. The van der Waals surface area contributed by atoms with Crippen molar-refractivity contribution >= 4 is 5.82 Å². The molecule has 4 heterocycles. The van der Waals surface area contributed by atoms with Crippen molar-refractivity contribution in [2.75, 3.05) is 4.90 Å². The summed E-state index contributed by atoms with van der Waals surface area (Å²) in [5, 5.41) is 19.0. The van der Waals surface area contributed by atoms with Gasteiger partial charge in [0.15, 0.2) is 5.82 Å². The van der Waals surface area contributed by atoms with Crippen LogP contribution in [-0.2, 0) is 6.54 Å². The van der Waals surface area contributed by atoms with Crippen LogP contribution in [0.15, 0.2) is 42.9 Å². The number of nitriles is 2. The molecular weight excluding hydrogens is 402 g/mol. The number of benzene rings is 1. The Kier molecular flexibility index (Phi) is 5.14. The fraction of sp³-hybridized carbons (Fsp3) is 0.292. The van der Waals surface area contributed by atoms with Crippen LogP contribution in [0.2, 0.25) is 0 Å². The van der Waals surface area contributed by atoms with Crippen molar-refractivity contribution in [2.45, 2.75) is 44.3 Å². The second-order valence-electron chi connectivity index (χ2n) is 8.06. The van der Waals surface area contributed by atoms with E-state index in [4.69, 9.17) is 10.5 Å². The molecule has 0 saturated carbocycles. The summed E-state index contributed by atoms with van der Waals surface area (Å²) in [6, 6.07) is 12.2. The van der Waals surface area contributed by atoms with Gasteiger partial charge in [0, 0.05) is 42.7 Å². The fourth-order valence-corrected chi connectivity index (χ4v) is 4.60. The van der Waals surface area contributed by atoms with Gasteiger partial charge < -0.3 is 15.4 Å². The van der Waals surface area contributed by atoms with Gasteiger partial charge in [-0.2, -0.15) is 10.5 Å². The highest BCUT2D eigenvalue weighted by molar-refractivity contribution is 5.67. The lowest BCUT2D eigenvalue weighted by Gasteiger charge is -2.24. The molecule has 0 atom stereocenters. The molecule has 3 aromatic rings. The molecule has 2 aliphatic rings. The largest absolute Gasteiger partial charge is 0.455 e. The highest BCUT2D eigenvalue weighted by Crippen LogP contribution is 2.42. The number of ether oxygens (including phenoxy) is 1. The van der Waals surface area contributed by atoms with Gasteiger partial charge in [0.05, 0.1) is 23.4 Å². The van der Waals surface area contributed by atoms with E-state index < -0.39 is 0 Å². The van der Waals surface area contributed by atoms with Gasteiger partial charge in [-0.3, -0.25) is 0 Å². The molecule has 2 aromatic heterocycles. The summed E-state index contributed by atoms with van der Waals surface area (Å²) in [7, 11) is 0. The number of hydrogen-bond acceptors (Lipinski definition) is 8. The molecule has 2 N–H and O–H groups in total. The average Bonchev–Trinajstić information content (AvgIpc) is 3.45. The zero-order valence-electron chi connectivity index (χ0n) is 17.4. The van der Waals surface area contributed by atoms with Crippen LogP contribution in [0.1, 0.15) is 42.4 Å². The average molecular weight is 423 g/mol. The maximum absolute atomic E-state index is 9.64. The number of nitrogens with two attached hydrogens (primary N) is 1. The molecule has 1 aromatic carbocycles. The number of pyridine rings is 1. The van der Waals surface area contributed by atoms with Crippen LogP contribution in [0.5, 0.6) is 11.5 Å². The first-order chi connectivity index (χ1) is 15.7. The topological polar surface area (TPSA) is 125 Å². The second kappa shape index (κ2) is 8.26. The van der Waals surface area contributed by atoms with Gasteiger partial charge >= 0.3 is 0 Å². The lowest BCUT2D eigenvalue weighted by atomic mass is 10.0. The van der Waals surface area contributed by atoms with Crippen LogP contribution in [0.4, 0.5) is 5.82 Å². The van der Waals surface area contributed by atoms with Crippen LogP contribution in [0.25, 0.3) is 11.4 Å². The molecule has 2 bridgehead atoms. The van der Waals surface area contributed by atoms with E-state index in [1.807, 2.05) is 6.07 Å². The first-order valence-corrected chi connectivity index (χ1v) is 10.6. The number of fused-ring (bicyclic) bond motifs is 2. The van der Waals surface area contributed by atoms with E-state index in [2.05, 4.69) is 32.0 Å². The first-order valence-electron chi connectivity index (χ1n) is 10.6. The minimum Gasteiger partial charge on any atom is -0.455 e. The fourth-order valence-electron chi connectivity index (χ4n) is 4.60. The number of rotatable bonds is 5. The summed E-state index contributed by atoms with van der Waals surface area (Å²) in [6.45, 7) is 0.348. The minimum absolute atomic E-state index is 0.327. The quantitative estimate of drug-likeness (QED) is 0.659. The molecule has 0 aliphatic carbocycles. The Morgan fingerprint density at radius 2 is 1.66 bits per heavy atom. The maximum Gasteiger partial charge on any atom is 0.162 e. The monoisotopic (exact) mass is 423 g/mol. The Morgan fingerprint density at radius 3 is 2.28 bits per heavy atom. The molecule has 2 fully saturated rings. The standard InChI is InChI=1S/C24H21N7O/c25-9-15-1-6-20(24-29-12-16(10-26)13-30-24)22(7-15)32-21-8-23(28-14-17(21)11-27)31-18-2-3-19(31)5-4-18/h1,6-8,12-14,18-19H,2-5,10,26H2. The first kappa shape index (κ1) is 19.9. The van der Waals surface area contributed by atoms with Gasteiger partial charge in [-0.1, -0.05) is 0 Å². The lowest BCUT2D eigenvalue weighted by molar-refractivity contribution is 0.481. The van der Waals surface area contributed by atoms with Crippen molar-refractivity contribution in [1.29, 1.82) is 10.5 Å². The zero-order chi connectivity index (χ0) is 22.1. The third-order valence-corrected chi connectivity index (χ3v) is 6.20. The van der Waals surface area contributed by atoms with Crippen LogP contribution in [0, 0.1) is 22.7 Å². The highest BCUT2D eigenvalue weighted by atomic mass is 16.5. The Morgan fingerprint density at radius 1 is 0.938 bits per heavy atom. The van der Waals surface area contributed by atoms with Crippen LogP contribution >= 0.6 is 0 Å². The van der Waals surface area contributed by atoms with Crippen molar-refractivity contribution < 1.29 is 4.74 Å². The van der Waals surface area contributed by atoms with E-state index in [9.17, 15) is 10.5 Å². The van der Waals surface area contributed by atoms with Crippen molar-refractivity contribution in [3.05, 3.63) is 59.5 Å². The molecule has 2 saturated heterocycles. The van der Waals surface area contributed by atoms with Crippen molar-refractivity contribution in [3.8, 4) is 35.0 Å². The molecule has 158 valence electrons. The molecule has 2 aliphatic heterocycles. The summed E-state index contributed by atoms with van der Waals surface area (Å²) in [6.07, 6.45) is 9.58. The van der Waals surface area contributed by atoms with Gasteiger partial charge in [-0.25, -0.2) is 15.0 Å². The van der Waals surface area contributed by atoms with E-state index in [0.717, 1.165) is 11.4 Å². The van der Waals surface area contributed by atoms with Gasteiger partial charge in [-0.05, 0) is 43.9 Å². The van der Waals surface area contributed by atoms with E-state index >= 15 is 0 Å². The molecule has 8 heteroatoms. The third-order valence-electron chi connectivity index (χ3n) is 6.20. The normalized spacial score (nSPS) is 18.9. The van der Waals surface area contributed by atoms with Crippen LogP contribution in [0.3, 0.4) is 0 Å². The Labute approximate surface area is 185 Å². The molecule has 0 unspecified atom stereocenters. The van der Waals surface area contributed by atoms with Crippen molar-refractivity contribution in [3.63, 3.8) is 0 Å². The minimum atomic E-state index is 0.327. The van der Waals surface area contributed by atoms with Crippen LogP contribution < -0.4 is 15.4 Å². The number of hydrogen-bond donors (Lipinski definition) is 1. The summed E-state index contributed by atoms with van der Waals surface area (Å²) < 4.78 is 6.23. The predicted molar refractivity (Wildman–Crippen MR) is 118 cm³/mol. The van der Waals surface area contributed by atoms with Crippen LogP contribution in [-0.4, -0.2) is 27.0 Å². The van der Waals surface area contributed by atoms with Gasteiger partial charge in [0.1, 0.15) is 28.9 Å². The van der Waals surface area contributed by atoms with E-state index in [0.29, 0.717) is 52.6 Å². The molecule has 8 nitrogen and oxygen atoms in total. The number of aromatic nitrogens is 3. The Hall–Kier alpha value is -4.01. The summed E-state index contributed by atoms with van der Waals surface area (Å²) in [4.78, 5) is 15.7.